The third-order valence-corrected chi connectivity index (χ3v) is 4.69. The molecular weight excluding hydrogens is 300 g/mol. The molecule has 0 bridgehead atoms. The monoisotopic (exact) mass is 326 g/mol. The fourth-order valence-electron chi connectivity index (χ4n) is 2.30. The van der Waals surface area contributed by atoms with Gasteiger partial charge in [-0.3, -0.25) is 9.10 Å². The molecule has 0 aliphatic heterocycles. The van der Waals surface area contributed by atoms with Crippen molar-refractivity contribution < 1.29 is 13.2 Å². The first kappa shape index (κ1) is 18.5. The Morgan fingerprint density at radius 3 is 2.23 bits per heavy atom. The van der Waals surface area contributed by atoms with Gasteiger partial charge in [-0.25, -0.2) is 8.42 Å². The minimum atomic E-state index is -3.57. The van der Waals surface area contributed by atoms with E-state index in [1.54, 1.807) is 6.07 Å². The van der Waals surface area contributed by atoms with Crippen LogP contribution in [0.1, 0.15) is 38.3 Å². The fourth-order valence-corrected chi connectivity index (χ4v) is 3.51. The van der Waals surface area contributed by atoms with Gasteiger partial charge in [0.2, 0.25) is 15.9 Å². The highest BCUT2D eigenvalue weighted by atomic mass is 32.2. The van der Waals surface area contributed by atoms with Gasteiger partial charge in [-0.05, 0) is 57.4 Å². The molecule has 1 aromatic rings. The highest BCUT2D eigenvalue weighted by molar-refractivity contribution is 7.92. The average molecular weight is 326 g/mol. The molecule has 1 rings (SSSR count). The van der Waals surface area contributed by atoms with Crippen LogP contribution in [0.2, 0.25) is 0 Å². The van der Waals surface area contributed by atoms with Crippen LogP contribution in [-0.4, -0.2) is 32.7 Å². The van der Waals surface area contributed by atoms with Crippen molar-refractivity contribution in [2.75, 3.05) is 10.6 Å². The molecule has 1 N–H and O–H groups in total. The Balaban J connectivity index is 3.33. The van der Waals surface area contributed by atoms with Crippen LogP contribution in [0.15, 0.2) is 18.2 Å². The molecule has 0 spiro atoms. The largest absolute Gasteiger partial charge is 0.352 e. The zero-order valence-electron chi connectivity index (χ0n) is 14.2. The van der Waals surface area contributed by atoms with Gasteiger partial charge >= 0.3 is 0 Å². The van der Waals surface area contributed by atoms with Gasteiger partial charge < -0.3 is 5.32 Å². The minimum absolute atomic E-state index is 0.0392. The number of carbonyl (C=O) groups excluding carboxylic acids is 1. The van der Waals surface area contributed by atoms with Crippen LogP contribution in [0.3, 0.4) is 0 Å². The van der Waals surface area contributed by atoms with E-state index in [-0.39, 0.29) is 11.9 Å². The number of nitrogens with one attached hydrogen (secondary N) is 1. The Labute approximate surface area is 133 Å². The van der Waals surface area contributed by atoms with Gasteiger partial charge in [0.15, 0.2) is 0 Å². The normalized spacial score (nSPS) is 13.0. The van der Waals surface area contributed by atoms with Crippen LogP contribution in [0.5, 0.6) is 0 Å². The summed E-state index contributed by atoms with van der Waals surface area (Å²) in [5.41, 5.74) is 2.60. The first-order valence-electron chi connectivity index (χ1n) is 7.45. The molecule has 0 saturated heterocycles. The summed E-state index contributed by atoms with van der Waals surface area (Å²) in [6.45, 7) is 9.40. The van der Waals surface area contributed by atoms with Crippen molar-refractivity contribution in [3.05, 3.63) is 29.3 Å². The van der Waals surface area contributed by atoms with E-state index in [4.69, 9.17) is 0 Å². The van der Waals surface area contributed by atoms with Crippen LogP contribution < -0.4 is 9.62 Å². The summed E-state index contributed by atoms with van der Waals surface area (Å²) in [5, 5.41) is 2.80. The molecule has 0 heterocycles. The van der Waals surface area contributed by atoms with Crippen LogP contribution in [0, 0.1) is 13.8 Å². The molecule has 1 aromatic carbocycles. The van der Waals surface area contributed by atoms with Gasteiger partial charge in [-0.2, -0.15) is 0 Å². The van der Waals surface area contributed by atoms with E-state index in [9.17, 15) is 13.2 Å². The van der Waals surface area contributed by atoms with E-state index >= 15 is 0 Å². The maximum absolute atomic E-state index is 12.4. The standard InChI is InChI=1S/C16H26N2O3S/c1-7-15(16(19)17-11(2)3)18(22(6,20)21)14-9-8-12(4)13(5)10-14/h8-11,15H,7H2,1-6H3,(H,17,19)/t15-/m0/s1. The summed E-state index contributed by atoms with van der Waals surface area (Å²) < 4.78 is 25.7. The number of anilines is 1. The Morgan fingerprint density at radius 2 is 1.82 bits per heavy atom. The van der Waals surface area contributed by atoms with Crippen LogP contribution in [-0.2, 0) is 14.8 Å². The minimum Gasteiger partial charge on any atom is -0.352 e. The van der Waals surface area contributed by atoms with Crippen molar-refractivity contribution in [3.8, 4) is 0 Å². The second kappa shape index (κ2) is 7.13. The maximum Gasteiger partial charge on any atom is 0.244 e. The van der Waals surface area contributed by atoms with E-state index < -0.39 is 16.1 Å². The quantitative estimate of drug-likeness (QED) is 0.873. The second-order valence-electron chi connectivity index (χ2n) is 5.91. The average Bonchev–Trinajstić information content (AvgIpc) is 2.36. The number of hydrogen-bond acceptors (Lipinski definition) is 3. The van der Waals surface area contributed by atoms with E-state index in [0.29, 0.717) is 12.1 Å². The molecule has 1 atom stereocenters. The van der Waals surface area contributed by atoms with Gasteiger partial charge in [0.25, 0.3) is 0 Å². The van der Waals surface area contributed by atoms with E-state index in [2.05, 4.69) is 5.32 Å². The molecule has 0 saturated carbocycles. The summed E-state index contributed by atoms with van der Waals surface area (Å²) >= 11 is 0. The lowest BCUT2D eigenvalue weighted by Crippen LogP contribution is -2.50. The van der Waals surface area contributed by atoms with Crippen LogP contribution >= 0.6 is 0 Å². The Kier molecular flexibility index (Phi) is 6.00. The molecule has 0 fully saturated rings. The number of carbonyl (C=O) groups is 1. The number of amides is 1. The van der Waals surface area contributed by atoms with Crippen LogP contribution in [0.4, 0.5) is 5.69 Å². The van der Waals surface area contributed by atoms with Crippen molar-refractivity contribution in [1.29, 1.82) is 0 Å². The first-order valence-corrected chi connectivity index (χ1v) is 9.29. The second-order valence-corrected chi connectivity index (χ2v) is 7.77. The number of benzene rings is 1. The number of rotatable bonds is 6. The van der Waals surface area contributed by atoms with E-state index in [1.165, 1.54) is 4.31 Å². The van der Waals surface area contributed by atoms with Crippen LogP contribution in [0.25, 0.3) is 0 Å². The molecule has 22 heavy (non-hydrogen) atoms. The summed E-state index contributed by atoms with van der Waals surface area (Å²) in [5.74, 6) is -0.277. The predicted octanol–water partition coefficient (Wildman–Crippen LogP) is 2.37. The summed E-state index contributed by atoms with van der Waals surface area (Å²) in [6.07, 6.45) is 1.53. The highest BCUT2D eigenvalue weighted by Crippen LogP contribution is 2.25. The molecule has 124 valence electrons. The molecule has 5 nitrogen and oxygen atoms in total. The maximum atomic E-state index is 12.4. The lowest BCUT2D eigenvalue weighted by molar-refractivity contribution is -0.122. The topological polar surface area (TPSA) is 66.5 Å². The first-order chi connectivity index (χ1) is 10.1. The fraction of sp³-hybridized carbons (Fsp3) is 0.562. The molecular formula is C16H26N2O3S. The molecule has 0 aromatic heterocycles. The lowest BCUT2D eigenvalue weighted by Gasteiger charge is -2.31. The molecule has 0 unspecified atom stereocenters. The third-order valence-electron chi connectivity index (χ3n) is 3.51. The zero-order valence-corrected chi connectivity index (χ0v) is 15.0. The van der Waals surface area contributed by atoms with Gasteiger partial charge in [0.1, 0.15) is 6.04 Å². The predicted molar refractivity (Wildman–Crippen MR) is 90.6 cm³/mol. The van der Waals surface area contributed by atoms with Gasteiger partial charge in [0.05, 0.1) is 11.9 Å². The molecule has 6 heteroatoms. The summed E-state index contributed by atoms with van der Waals surface area (Å²) in [6, 6.07) is 4.63. The third kappa shape index (κ3) is 4.47. The van der Waals surface area contributed by atoms with E-state index in [0.717, 1.165) is 17.4 Å². The number of hydrogen-bond donors (Lipinski definition) is 1. The SMILES string of the molecule is CC[C@@H](C(=O)NC(C)C)N(c1ccc(C)c(C)c1)S(C)(=O)=O. The smallest absolute Gasteiger partial charge is 0.244 e. The van der Waals surface area contributed by atoms with Crippen molar-refractivity contribution in [2.24, 2.45) is 0 Å². The van der Waals surface area contributed by atoms with Crippen molar-refractivity contribution in [2.45, 2.75) is 53.1 Å². The number of aryl methyl sites for hydroxylation is 2. The summed E-state index contributed by atoms with van der Waals surface area (Å²) in [4.78, 5) is 12.4. The van der Waals surface area contributed by atoms with E-state index in [1.807, 2.05) is 46.8 Å². The number of sulfonamides is 1. The highest BCUT2D eigenvalue weighted by Gasteiger charge is 2.31. The molecule has 0 aliphatic carbocycles. The Morgan fingerprint density at radius 1 is 1.23 bits per heavy atom. The van der Waals surface area contributed by atoms with Crippen molar-refractivity contribution in [3.63, 3.8) is 0 Å². The zero-order chi connectivity index (χ0) is 17.1. The van der Waals surface area contributed by atoms with Gasteiger partial charge in [-0.1, -0.05) is 13.0 Å². The van der Waals surface area contributed by atoms with Gasteiger partial charge in [0, 0.05) is 6.04 Å². The molecule has 0 radical (unpaired) electrons. The Hall–Kier alpha value is -1.56. The van der Waals surface area contributed by atoms with Gasteiger partial charge in [-0.15, -0.1) is 0 Å². The molecule has 1 amide bonds. The molecule has 0 aliphatic rings. The van der Waals surface area contributed by atoms with Crippen molar-refractivity contribution in [1.82, 2.24) is 5.32 Å². The Bertz CT molecular complexity index is 639. The van der Waals surface area contributed by atoms with Crippen molar-refractivity contribution >= 4 is 21.6 Å². The lowest BCUT2D eigenvalue weighted by atomic mass is 10.1. The summed E-state index contributed by atoms with van der Waals surface area (Å²) in [7, 11) is -3.57. The number of nitrogens with zero attached hydrogens (tertiary/aromatic N) is 1.